The molecule has 8 aromatic rings. The second-order valence-corrected chi connectivity index (χ2v) is 15.8. The van der Waals surface area contributed by atoms with Crippen molar-refractivity contribution in [3.8, 4) is 78.8 Å². The van der Waals surface area contributed by atoms with Gasteiger partial charge in [-0.05, 0) is 107 Å². The van der Waals surface area contributed by atoms with Crippen LogP contribution in [0.15, 0.2) is 189 Å². The summed E-state index contributed by atoms with van der Waals surface area (Å²) in [4.78, 5) is 23.5. The highest BCUT2D eigenvalue weighted by Crippen LogP contribution is 2.40. The van der Waals surface area contributed by atoms with Gasteiger partial charge in [0.1, 0.15) is 0 Å². The molecule has 2 aliphatic rings. The quantitative estimate of drug-likeness (QED) is 0.129. The standard InChI is InChI=1S/C56H45N5/c1-3-16-38(4-2)50-36-51(41-17-8-5-9-18-41)58-55(57-50)48-33-47(40-27-25-39(26-28-40)46-31-44-23-14-29-61-30-15-24-45(32-46)54(44)61)34-49(35-48)56-59-52(42-19-10-6-11-20-42)37-53(60-56)43-21-12-7-13-22-43/h3-13,16-22,25-28,31-37H,1-2,14-15,23-24,29-30H2/b38-16+. The zero-order valence-electron chi connectivity index (χ0n) is 34.1. The molecule has 0 saturated heterocycles. The highest BCUT2D eigenvalue weighted by Gasteiger charge is 2.25. The van der Waals surface area contributed by atoms with Crippen molar-refractivity contribution in [2.75, 3.05) is 18.0 Å². The van der Waals surface area contributed by atoms with Crippen molar-refractivity contribution in [2.24, 2.45) is 0 Å². The minimum atomic E-state index is 0.590. The Morgan fingerprint density at radius 2 is 0.885 bits per heavy atom. The third kappa shape index (κ3) is 7.74. The molecule has 61 heavy (non-hydrogen) atoms. The van der Waals surface area contributed by atoms with Crippen molar-refractivity contribution >= 4 is 11.3 Å². The lowest BCUT2D eigenvalue weighted by atomic mass is 9.88. The fraction of sp³-hybridized carbons (Fsp3) is 0.107. The Balaban J connectivity index is 1.15. The van der Waals surface area contributed by atoms with E-state index in [1.165, 1.54) is 53.9 Å². The van der Waals surface area contributed by atoms with Gasteiger partial charge >= 0.3 is 0 Å². The number of anilines is 1. The van der Waals surface area contributed by atoms with Gasteiger partial charge in [-0.2, -0.15) is 0 Å². The summed E-state index contributed by atoms with van der Waals surface area (Å²) >= 11 is 0. The Morgan fingerprint density at radius 3 is 1.36 bits per heavy atom. The fourth-order valence-corrected chi connectivity index (χ4v) is 8.83. The van der Waals surface area contributed by atoms with Crippen LogP contribution < -0.4 is 4.90 Å². The summed E-state index contributed by atoms with van der Waals surface area (Å²) < 4.78 is 0. The van der Waals surface area contributed by atoms with Crippen LogP contribution in [0.4, 0.5) is 5.69 Å². The van der Waals surface area contributed by atoms with Crippen LogP contribution >= 0.6 is 0 Å². The smallest absolute Gasteiger partial charge is 0.160 e. The highest BCUT2D eigenvalue weighted by molar-refractivity contribution is 5.83. The number of nitrogens with zero attached hydrogens (tertiary/aromatic N) is 5. The molecule has 0 amide bonds. The van der Waals surface area contributed by atoms with Crippen LogP contribution in [0.5, 0.6) is 0 Å². The minimum Gasteiger partial charge on any atom is -0.371 e. The maximum atomic E-state index is 5.24. The summed E-state index contributed by atoms with van der Waals surface area (Å²) in [6.45, 7) is 10.4. The molecule has 0 N–H and O–H groups in total. The normalized spacial score (nSPS) is 13.4. The van der Waals surface area contributed by atoms with E-state index >= 15 is 0 Å². The second kappa shape index (κ2) is 16.6. The van der Waals surface area contributed by atoms with E-state index in [-0.39, 0.29) is 0 Å². The molecule has 0 radical (unpaired) electrons. The van der Waals surface area contributed by atoms with Crippen LogP contribution in [0, 0.1) is 0 Å². The predicted molar refractivity (Wildman–Crippen MR) is 253 cm³/mol. The summed E-state index contributed by atoms with van der Waals surface area (Å²) in [6.07, 6.45) is 10.2. The van der Waals surface area contributed by atoms with Gasteiger partial charge in [0.2, 0.25) is 0 Å². The van der Waals surface area contributed by atoms with Gasteiger partial charge in [0.05, 0.1) is 22.8 Å². The molecule has 2 aromatic heterocycles. The lowest BCUT2D eigenvalue weighted by Crippen LogP contribution is -2.34. The van der Waals surface area contributed by atoms with E-state index in [4.69, 9.17) is 19.9 Å². The van der Waals surface area contributed by atoms with Gasteiger partial charge in [-0.1, -0.05) is 147 Å². The Hall–Kier alpha value is -7.50. The molecule has 5 heteroatoms. The lowest BCUT2D eigenvalue weighted by molar-refractivity contribution is 0.634. The monoisotopic (exact) mass is 787 g/mol. The van der Waals surface area contributed by atoms with Gasteiger partial charge in [-0.3, -0.25) is 0 Å². The van der Waals surface area contributed by atoms with E-state index in [0.717, 1.165) is 80.1 Å². The van der Waals surface area contributed by atoms with E-state index in [1.54, 1.807) is 6.08 Å². The number of rotatable bonds is 10. The van der Waals surface area contributed by atoms with Crippen molar-refractivity contribution in [1.82, 2.24) is 19.9 Å². The van der Waals surface area contributed by atoms with Crippen molar-refractivity contribution in [3.05, 3.63) is 206 Å². The molecular weight excluding hydrogens is 743 g/mol. The van der Waals surface area contributed by atoms with Gasteiger partial charge in [0.25, 0.3) is 0 Å². The van der Waals surface area contributed by atoms with Gasteiger partial charge in [0.15, 0.2) is 11.6 Å². The van der Waals surface area contributed by atoms with Crippen molar-refractivity contribution < 1.29 is 0 Å². The van der Waals surface area contributed by atoms with E-state index in [1.807, 2.05) is 72.8 Å². The highest BCUT2D eigenvalue weighted by atomic mass is 15.1. The van der Waals surface area contributed by atoms with E-state index in [2.05, 4.69) is 115 Å². The van der Waals surface area contributed by atoms with Crippen LogP contribution in [-0.2, 0) is 12.8 Å². The maximum absolute atomic E-state index is 5.24. The molecule has 0 fully saturated rings. The molecule has 2 aliphatic heterocycles. The van der Waals surface area contributed by atoms with Crippen LogP contribution in [0.1, 0.15) is 29.7 Å². The zero-order chi connectivity index (χ0) is 41.1. The molecule has 294 valence electrons. The summed E-state index contributed by atoms with van der Waals surface area (Å²) in [7, 11) is 0. The number of aryl methyl sites for hydroxylation is 2. The molecule has 0 spiro atoms. The number of benzene rings is 6. The van der Waals surface area contributed by atoms with Crippen LogP contribution in [0.2, 0.25) is 0 Å². The molecule has 10 rings (SSSR count). The third-order valence-electron chi connectivity index (χ3n) is 11.8. The number of allylic oxidation sites excluding steroid dienone is 4. The van der Waals surface area contributed by atoms with E-state index in [0.29, 0.717) is 11.6 Å². The molecule has 0 saturated carbocycles. The minimum absolute atomic E-state index is 0.590. The summed E-state index contributed by atoms with van der Waals surface area (Å²) in [5.41, 5.74) is 18.0. The number of hydrogen-bond acceptors (Lipinski definition) is 5. The van der Waals surface area contributed by atoms with Gasteiger partial charge in [-0.25, -0.2) is 19.9 Å². The molecule has 4 heterocycles. The molecule has 0 bridgehead atoms. The topological polar surface area (TPSA) is 54.8 Å². The lowest BCUT2D eigenvalue weighted by Gasteiger charge is -2.37. The van der Waals surface area contributed by atoms with Crippen molar-refractivity contribution in [3.63, 3.8) is 0 Å². The summed E-state index contributed by atoms with van der Waals surface area (Å²) in [6, 6.07) is 55.3. The largest absolute Gasteiger partial charge is 0.371 e. The molecule has 0 unspecified atom stereocenters. The Morgan fingerprint density at radius 1 is 0.443 bits per heavy atom. The number of hydrogen-bond donors (Lipinski definition) is 0. The van der Waals surface area contributed by atoms with E-state index in [9.17, 15) is 0 Å². The molecule has 0 atom stereocenters. The van der Waals surface area contributed by atoms with Crippen LogP contribution in [-0.4, -0.2) is 33.0 Å². The van der Waals surface area contributed by atoms with Gasteiger partial charge in [-0.15, -0.1) is 0 Å². The SMILES string of the molecule is C=C/C=C(\C=C)c1cc(-c2ccccc2)nc(-c2cc(-c3ccc(-c4cc5c6c(c4)CCCN6CCC5)cc3)cc(-c3nc(-c4ccccc4)cc(-c4ccccc4)n3)c2)n1. The fourth-order valence-electron chi connectivity index (χ4n) is 8.83. The Bertz CT molecular complexity index is 2850. The van der Waals surface area contributed by atoms with Crippen LogP contribution in [0.25, 0.3) is 84.4 Å². The average molecular weight is 788 g/mol. The number of aromatic nitrogens is 4. The van der Waals surface area contributed by atoms with Crippen molar-refractivity contribution in [1.29, 1.82) is 0 Å². The summed E-state index contributed by atoms with van der Waals surface area (Å²) in [5, 5.41) is 0. The van der Waals surface area contributed by atoms with Crippen molar-refractivity contribution in [2.45, 2.75) is 25.7 Å². The third-order valence-corrected chi connectivity index (χ3v) is 11.8. The first-order chi connectivity index (χ1) is 30.1. The zero-order valence-corrected chi connectivity index (χ0v) is 34.1. The first-order valence-electron chi connectivity index (χ1n) is 21.2. The Kier molecular flexibility index (Phi) is 10.3. The Labute approximate surface area is 358 Å². The first-order valence-corrected chi connectivity index (χ1v) is 21.2. The first kappa shape index (κ1) is 37.7. The average Bonchev–Trinajstić information content (AvgIpc) is 3.34. The predicted octanol–water partition coefficient (Wildman–Crippen LogP) is 13.4. The molecule has 6 aromatic carbocycles. The molecule has 5 nitrogen and oxygen atoms in total. The molecule has 0 aliphatic carbocycles. The molecular formula is C56H45N5. The van der Waals surface area contributed by atoms with E-state index < -0.39 is 0 Å². The second-order valence-electron chi connectivity index (χ2n) is 15.8. The van der Waals surface area contributed by atoms with Gasteiger partial charge < -0.3 is 4.90 Å². The van der Waals surface area contributed by atoms with Gasteiger partial charge in [0, 0.05) is 46.6 Å². The van der Waals surface area contributed by atoms with Crippen LogP contribution in [0.3, 0.4) is 0 Å². The summed E-state index contributed by atoms with van der Waals surface area (Å²) in [5.74, 6) is 1.21. The maximum Gasteiger partial charge on any atom is 0.160 e.